The summed E-state index contributed by atoms with van der Waals surface area (Å²) in [5, 5.41) is 54.8. The van der Waals surface area contributed by atoms with Crippen LogP contribution in [0.4, 0.5) is 0 Å². The van der Waals surface area contributed by atoms with Gasteiger partial charge < -0.3 is 40.3 Å². The first-order valence-electron chi connectivity index (χ1n) is 39.9. The molecule has 1 aliphatic rings. The van der Waals surface area contributed by atoms with Gasteiger partial charge in [-0.1, -0.05) is 364 Å². The molecule has 0 spiro atoms. The van der Waals surface area contributed by atoms with Gasteiger partial charge in [-0.15, -0.1) is 0 Å². The first-order valence-corrected chi connectivity index (χ1v) is 39.9. The minimum atomic E-state index is -1.59. The fourth-order valence-electron chi connectivity index (χ4n) is 11.6. The molecule has 1 aliphatic heterocycles. The van der Waals surface area contributed by atoms with Gasteiger partial charge in [0.2, 0.25) is 5.91 Å². The van der Waals surface area contributed by atoms with Crippen LogP contribution in [0.2, 0.25) is 0 Å². The van der Waals surface area contributed by atoms with Gasteiger partial charge in [0.1, 0.15) is 24.4 Å². The van der Waals surface area contributed by atoms with Crippen LogP contribution in [0.1, 0.15) is 322 Å². The predicted molar refractivity (Wildman–Crippen MR) is 419 cm³/mol. The van der Waals surface area contributed by atoms with Crippen molar-refractivity contribution in [3.05, 3.63) is 170 Å². The maximum Gasteiger partial charge on any atom is 0.220 e. The van der Waals surface area contributed by atoms with E-state index in [4.69, 9.17) is 9.47 Å². The Morgan fingerprint density at radius 3 is 0.990 bits per heavy atom. The number of aliphatic hydroxyl groups is 5. The van der Waals surface area contributed by atoms with Crippen LogP contribution in [0.15, 0.2) is 170 Å². The molecule has 1 fully saturated rings. The standard InChI is InChI=1S/C88H147NO8/c1-3-5-7-9-11-13-15-17-19-21-23-25-27-29-31-33-35-37-38-39-40-41-42-43-44-46-48-50-52-54-56-58-60-62-64-66-68-70-72-74-76-78-84(92)89-81(80-96-88-87(95)86(94)85(93)83(79-90)97-88)82(91)77-75-73-71-69-67-65-63-61-59-57-55-53-51-49-47-45-36-34-32-30-28-26-24-22-20-18-16-14-12-10-8-6-4-2/h5,7,11,13,17,19,23,25,29,31,35,37,39-40,42-43,46,48,52,54,58,60,64,66-67,69,75,77,81-83,85-88,90-91,93-95H,3-4,6,8-10,12,14-16,18,20-22,24,26-28,30,32-34,36,38,41,44-45,47,49-51,53,55-57,59,61-63,65,68,70-74,76,78-80H2,1-2H3,(H,89,92)/b7-5-,13-11-,19-17-,25-23-,31-29-,37-35-,40-39-,43-42-,48-46-,54-52-,60-58-,66-64-,69-67+,77-75+. The normalized spacial score (nSPS) is 18.4. The van der Waals surface area contributed by atoms with Gasteiger partial charge in [-0.25, -0.2) is 0 Å². The third kappa shape index (κ3) is 62.3. The topological polar surface area (TPSA) is 149 Å². The summed E-state index contributed by atoms with van der Waals surface area (Å²) >= 11 is 0. The highest BCUT2D eigenvalue weighted by Gasteiger charge is 2.44. The first-order chi connectivity index (χ1) is 47.8. The summed E-state index contributed by atoms with van der Waals surface area (Å²) in [6.07, 6.45) is 111. The molecule has 0 bridgehead atoms. The average Bonchev–Trinajstić information content (AvgIpc) is 0.854. The van der Waals surface area contributed by atoms with E-state index in [1.807, 2.05) is 6.08 Å². The van der Waals surface area contributed by atoms with Crippen LogP contribution in [-0.2, 0) is 14.3 Å². The van der Waals surface area contributed by atoms with Crippen molar-refractivity contribution in [3.8, 4) is 0 Å². The average molecular weight is 1350 g/mol. The molecule has 0 aliphatic carbocycles. The summed E-state index contributed by atoms with van der Waals surface area (Å²) in [6, 6.07) is -0.851. The first kappa shape index (κ1) is 90.6. The van der Waals surface area contributed by atoms with E-state index in [-0.39, 0.29) is 12.5 Å². The van der Waals surface area contributed by atoms with E-state index in [9.17, 15) is 30.3 Å². The summed E-state index contributed by atoms with van der Waals surface area (Å²) in [5.74, 6) is -0.215. The Morgan fingerprint density at radius 2 is 0.649 bits per heavy atom. The lowest BCUT2D eigenvalue weighted by atomic mass is 9.99. The van der Waals surface area contributed by atoms with Gasteiger partial charge in [0, 0.05) is 6.42 Å². The Morgan fingerprint density at radius 1 is 0.361 bits per heavy atom. The molecule has 0 aromatic carbocycles. The van der Waals surface area contributed by atoms with E-state index >= 15 is 0 Å². The third-order valence-electron chi connectivity index (χ3n) is 17.8. The maximum absolute atomic E-state index is 13.2. The predicted octanol–water partition coefficient (Wildman–Crippen LogP) is 23.2. The number of carbonyl (C=O) groups excluding carboxylic acids is 1. The number of unbranched alkanes of at least 4 members (excludes halogenated alkanes) is 32. The van der Waals surface area contributed by atoms with Gasteiger partial charge in [0.05, 0.1) is 25.4 Å². The molecule has 0 aromatic heterocycles. The van der Waals surface area contributed by atoms with Gasteiger partial charge in [0.15, 0.2) is 6.29 Å². The van der Waals surface area contributed by atoms with Crippen LogP contribution in [0, 0.1) is 0 Å². The van der Waals surface area contributed by atoms with Gasteiger partial charge >= 0.3 is 0 Å². The number of ether oxygens (including phenoxy) is 2. The molecule has 1 heterocycles. The van der Waals surface area contributed by atoms with Crippen molar-refractivity contribution in [2.75, 3.05) is 13.2 Å². The molecule has 0 radical (unpaired) electrons. The highest BCUT2D eigenvalue weighted by Crippen LogP contribution is 2.23. The van der Waals surface area contributed by atoms with Crippen LogP contribution in [0.5, 0.6) is 0 Å². The highest BCUT2D eigenvalue weighted by molar-refractivity contribution is 5.76. The second-order valence-electron chi connectivity index (χ2n) is 26.8. The lowest BCUT2D eigenvalue weighted by Crippen LogP contribution is -2.60. The van der Waals surface area contributed by atoms with Gasteiger partial charge in [-0.2, -0.15) is 0 Å². The number of allylic oxidation sites excluding steroid dienone is 27. The summed E-state index contributed by atoms with van der Waals surface area (Å²) in [5.41, 5.74) is 0. The fourth-order valence-corrected chi connectivity index (χ4v) is 11.6. The zero-order chi connectivity index (χ0) is 69.9. The molecule has 97 heavy (non-hydrogen) atoms. The molecular weight excluding hydrogens is 1200 g/mol. The molecule has 0 saturated carbocycles. The number of carbonyl (C=O) groups is 1. The lowest BCUT2D eigenvalue weighted by Gasteiger charge is -2.40. The summed E-state index contributed by atoms with van der Waals surface area (Å²) < 4.78 is 11.3. The number of nitrogens with one attached hydrogen (secondary N) is 1. The summed E-state index contributed by atoms with van der Waals surface area (Å²) in [4.78, 5) is 13.2. The van der Waals surface area contributed by atoms with E-state index in [1.165, 1.54) is 173 Å². The van der Waals surface area contributed by atoms with Crippen LogP contribution in [0.25, 0.3) is 0 Å². The maximum atomic E-state index is 13.2. The monoisotopic (exact) mass is 1350 g/mol. The molecule has 6 N–H and O–H groups in total. The number of amides is 1. The molecule has 9 heteroatoms. The van der Waals surface area contributed by atoms with Crippen molar-refractivity contribution >= 4 is 5.91 Å². The summed E-state index contributed by atoms with van der Waals surface area (Å²) in [6.45, 7) is 3.66. The van der Waals surface area contributed by atoms with E-state index in [0.29, 0.717) is 12.8 Å². The van der Waals surface area contributed by atoms with Crippen molar-refractivity contribution in [1.29, 1.82) is 0 Å². The van der Waals surface area contributed by atoms with Crippen LogP contribution in [0.3, 0.4) is 0 Å². The molecule has 1 amide bonds. The third-order valence-corrected chi connectivity index (χ3v) is 17.8. The molecule has 552 valence electrons. The number of hydrogen-bond donors (Lipinski definition) is 6. The molecule has 1 saturated heterocycles. The van der Waals surface area contributed by atoms with E-state index < -0.39 is 49.5 Å². The van der Waals surface area contributed by atoms with Crippen molar-refractivity contribution in [2.45, 2.75) is 365 Å². The molecule has 7 atom stereocenters. The number of hydrogen-bond acceptors (Lipinski definition) is 8. The second-order valence-corrected chi connectivity index (χ2v) is 26.8. The molecule has 1 rings (SSSR count). The van der Waals surface area contributed by atoms with E-state index in [0.717, 1.165) is 122 Å². The lowest BCUT2D eigenvalue weighted by molar-refractivity contribution is -0.302. The Hall–Kier alpha value is -4.45. The van der Waals surface area contributed by atoms with Gasteiger partial charge in [-0.05, 0) is 122 Å². The molecule has 7 unspecified atom stereocenters. The Bertz CT molecular complexity index is 2150. The Kier molecular flexibility index (Phi) is 69.3. The molecule has 9 nitrogen and oxygen atoms in total. The van der Waals surface area contributed by atoms with E-state index in [2.05, 4.69) is 177 Å². The Balaban J connectivity index is 2.17. The summed E-state index contributed by atoms with van der Waals surface area (Å²) in [7, 11) is 0. The van der Waals surface area contributed by atoms with Crippen molar-refractivity contribution in [1.82, 2.24) is 5.32 Å². The largest absolute Gasteiger partial charge is 0.394 e. The number of rotatable bonds is 68. The fraction of sp³-hybridized carbons (Fsp3) is 0.670. The smallest absolute Gasteiger partial charge is 0.220 e. The van der Waals surface area contributed by atoms with Gasteiger partial charge in [0.25, 0.3) is 0 Å². The van der Waals surface area contributed by atoms with Crippen molar-refractivity contribution < 1.29 is 39.8 Å². The SMILES string of the molecule is CC/C=C\C/C=C\C/C=C\C/C=C\C/C=C\C/C=C\C/C=C\C/C=C\C/C=C\C/C=C\C/C=C\C/C=C\CCCCCCC(=O)NC(COC1OC(CO)C(O)C(O)C1O)C(O)/C=C/CC/C=C/CCCCCCCCCCCCCCCCCCCCCCCCCCCCC. The molecule has 0 aromatic rings. The van der Waals surface area contributed by atoms with E-state index in [1.54, 1.807) is 6.08 Å². The highest BCUT2D eigenvalue weighted by atomic mass is 16.7. The Labute approximate surface area is 596 Å². The minimum absolute atomic E-state index is 0.215. The van der Waals surface area contributed by atoms with Crippen molar-refractivity contribution in [3.63, 3.8) is 0 Å². The zero-order valence-corrected chi connectivity index (χ0v) is 62.0. The second kappa shape index (κ2) is 74.2. The molecular formula is C88H147NO8. The van der Waals surface area contributed by atoms with Crippen molar-refractivity contribution in [2.24, 2.45) is 0 Å². The van der Waals surface area contributed by atoms with Gasteiger partial charge in [-0.3, -0.25) is 4.79 Å². The van der Waals surface area contributed by atoms with Crippen LogP contribution in [-0.4, -0.2) is 87.5 Å². The quantitative estimate of drug-likeness (QED) is 0.0261. The minimum Gasteiger partial charge on any atom is -0.394 e. The van der Waals surface area contributed by atoms with Crippen LogP contribution < -0.4 is 5.32 Å². The van der Waals surface area contributed by atoms with Crippen LogP contribution >= 0.6 is 0 Å². The zero-order valence-electron chi connectivity index (χ0n) is 62.0. The number of aliphatic hydroxyl groups excluding tert-OH is 5.